The number of hydrogen-bond donors (Lipinski definition) is 0. The molecule has 0 amide bonds. The predicted molar refractivity (Wildman–Crippen MR) is 77.9 cm³/mol. The van der Waals surface area contributed by atoms with Crippen molar-refractivity contribution in [1.82, 2.24) is 0 Å². The molecule has 0 aromatic rings. The Bertz CT molecular complexity index is 169. The molecule has 0 aromatic carbocycles. The van der Waals surface area contributed by atoms with Crippen LogP contribution in [0.2, 0.25) is 0 Å². The first-order valence-electron chi connectivity index (χ1n) is 6.78. The third-order valence-electron chi connectivity index (χ3n) is 3.50. The molecule has 16 heavy (non-hydrogen) atoms. The van der Waals surface area contributed by atoms with E-state index in [1.165, 1.54) is 32.1 Å². The molecular formula is C16H36. The molecule has 2 unspecified atom stereocenters. The standard InChI is InChI=1S/C12H24.C3H8.CH4/c1-6-12(5)8-10(2)7-11(3,4)9-12;1-3-2;/h10H,6-9H2,1-5H3;3H2,1-2H3;1H4. The van der Waals surface area contributed by atoms with Crippen molar-refractivity contribution < 1.29 is 0 Å². The van der Waals surface area contributed by atoms with E-state index in [0.29, 0.717) is 10.8 Å². The Labute approximate surface area is 105 Å². The largest absolute Gasteiger partial charge is 0.0776 e. The summed E-state index contributed by atoms with van der Waals surface area (Å²) in [5.74, 6) is 0.929. The summed E-state index contributed by atoms with van der Waals surface area (Å²) in [5.41, 5.74) is 1.21. The van der Waals surface area contributed by atoms with E-state index in [0.717, 1.165) is 5.92 Å². The fourth-order valence-corrected chi connectivity index (χ4v) is 3.43. The van der Waals surface area contributed by atoms with E-state index >= 15 is 0 Å². The van der Waals surface area contributed by atoms with E-state index in [1.807, 2.05) is 0 Å². The van der Waals surface area contributed by atoms with Gasteiger partial charge in [-0.05, 0) is 36.0 Å². The number of hydrogen-bond acceptors (Lipinski definition) is 0. The van der Waals surface area contributed by atoms with E-state index < -0.39 is 0 Å². The lowest BCUT2D eigenvalue weighted by molar-refractivity contribution is 0.0582. The van der Waals surface area contributed by atoms with Crippen molar-refractivity contribution >= 4 is 0 Å². The molecule has 1 fully saturated rings. The van der Waals surface area contributed by atoms with Gasteiger partial charge in [0.15, 0.2) is 0 Å². The monoisotopic (exact) mass is 228 g/mol. The van der Waals surface area contributed by atoms with E-state index in [4.69, 9.17) is 0 Å². The van der Waals surface area contributed by atoms with Gasteiger partial charge in [-0.3, -0.25) is 0 Å². The van der Waals surface area contributed by atoms with Crippen molar-refractivity contribution in [1.29, 1.82) is 0 Å². The molecule has 0 aliphatic heterocycles. The van der Waals surface area contributed by atoms with Gasteiger partial charge in [0.05, 0.1) is 0 Å². The Morgan fingerprint density at radius 1 is 1.00 bits per heavy atom. The molecule has 1 saturated carbocycles. The molecule has 100 valence electrons. The van der Waals surface area contributed by atoms with Gasteiger partial charge >= 0.3 is 0 Å². The van der Waals surface area contributed by atoms with Crippen molar-refractivity contribution in [3.63, 3.8) is 0 Å². The maximum Gasteiger partial charge on any atom is -0.0321 e. The van der Waals surface area contributed by atoms with Gasteiger partial charge < -0.3 is 0 Å². The predicted octanol–water partition coefficient (Wildman–Crippen LogP) is 6.30. The van der Waals surface area contributed by atoms with Crippen LogP contribution in [0.5, 0.6) is 0 Å². The van der Waals surface area contributed by atoms with Crippen LogP contribution in [0.15, 0.2) is 0 Å². The van der Waals surface area contributed by atoms with Gasteiger partial charge in [-0.2, -0.15) is 0 Å². The lowest BCUT2D eigenvalue weighted by atomic mass is 9.60. The van der Waals surface area contributed by atoms with Crippen molar-refractivity contribution in [2.24, 2.45) is 16.7 Å². The van der Waals surface area contributed by atoms with Crippen LogP contribution in [0.1, 0.15) is 88.0 Å². The lowest BCUT2D eigenvalue weighted by Gasteiger charge is -2.45. The van der Waals surface area contributed by atoms with Crippen molar-refractivity contribution in [3.05, 3.63) is 0 Å². The van der Waals surface area contributed by atoms with Gasteiger partial charge in [-0.25, -0.2) is 0 Å². The molecule has 0 heteroatoms. The topological polar surface area (TPSA) is 0 Å². The summed E-state index contributed by atoms with van der Waals surface area (Å²) < 4.78 is 0. The average Bonchev–Trinajstić information content (AvgIpc) is 2.01. The van der Waals surface area contributed by atoms with Crippen LogP contribution in [0.4, 0.5) is 0 Å². The van der Waals surface area contributed by atoms with Crippen LogP contribution < -0.4 is 0 Å². The number of rotatable bonds is 1. The zero-order valence-electron chi connectivity index (χ0n) is 12.1. The maximum atomic E-state index is 2.46. The zero-order valence-corrected chi connectivity index (χ0v) is 12.1. The molecule has 0 bridgehead atoms. The lowest BCUT2D eigenvalue weighted by Crippen LogP contribution is -2.34. The van der Waals surface area contributed by atoms with E-state index in [2.05, 4.69) is 48.5 Å². The fraction of sp³-hybridized carbons (Fsp3) is 1.00. The quantitative estimate of drug-likeness (QED) is 0.494. The Morgan fingerprint density at radius 2 is 1.44 bits per heavy atom. The first-order valence-corrected chi connectivity index (χ1v) is 6.78. The Kier molecular flexibility index (Phi) is 8.44. The van der Waals surface area contributed by atoms with Gasteiger partial charge in [0.1, 0.15) is 0 Å². The van der Waals surface area contributed by atoms with Crippen LogP contribution in [-0.4, -0.2) is 0 Å². The molecule has 0 saturated heterocycles. The third-order valence-corrected chi connectivity index (χ3v) is 3.50. The third kappa shape index (κ3) is 6.55. The molecule has 0 spiro atoms. The zero-order chi connectivity index (χ0) is 12.1. The molecule has 1 aliphatic rings. The van der Waals surface area contributed by atoms with Gasteiger partial charge in [0.2, 0.25) is 0 Å². The minimum Gasteiger partial charge on any atom is -0.0776 e. The molecule has 0 heterocycles. The normalized spacial score (nSPS) is 32.1. The van der Waals surface area contributed by atoms with Crippen LogP contribution in [0.25, 0.3) is 0 Å². The second kappa shape index (κ2) is 7.35. The van der Waals surface area contributed by atoms with Gasteiger partial charge in [0, 0.05) is 0 Å². The molecule has 0 N–H and O–H groups in total. The smallest absolute Gasteiger partial charge is 0.0321 e. The maximum absolute atomic E-state index is 2.46. The summed E-state index contributed by atoms with van der Waals surface area (Å²) in [6.45, 7) is 16.3. The molecule has 0 aromatic heterocycles. The highest BCUT2D eigenvalue weighted by molar-refractivity contribution is 4.89. The van der Waals surface area contributed by atoms with Crippen LogP contribution in [0.3, 0.4) is 0 Å². The Balaban J connectivity index is 0. The highest BCUT2D eigenvalue weighted by Gasteiger charge is 2.38. The molecule has 0 radical (unpaired) electrons. The van der Waals surface area contributed by atoms with Crippen LogP contribution in [-0.2, 0) is 0 Å². The fourth-order valence-electron chi connectivity index (χ4n) is 3.43. The Morgan fingerprint density at radius 3 is 1.75 bits per heavy atom. The van der Waals surface area contributed by atoms with Crippen LogP contribution in [0, 0.1) is 16.7 Å². The van der Waals surface area contributed by atoms with E-state index in [-0.39, 0.29) is 7.43 Å². The van der Waals surface area contributed by atoms with Crippen LogP contribution >= 0.6 is 0 Å². The molecular weight excluding hydrogens is 192 g/mol. The SMILES string of the molecule is C.CCC.CCC1(C)CC(C)CC(C)(C)C1. The highest BCUT2D eigenvalue weighted by atomic mass is 14.4. The van der Waals surface area contributed by atoms with E-state index in [9.17, 15) is 0 Å². The Hall–Kier alpha value is 0. The molecule has 1 rings (SSSR count). The summed E-state index contributed by atoms with van der Waals surface area (Å²) >= 11 is 0. The molecule has 2 atom stereocenters. The first-order chi connectivity index (χ1) is 6.78. The summed E-state index contributed by atoms with van der Waals surface area (Å²) in [7, 11) is 0. The minimum absolute atomic E-state index is 0. The van der Waals surface area contributed by atoms with Crippen molar-refractivity contribution in [2.45, 2.75) is 88.0 Å². The second-order valence-corrected chi connectivity index (χ2v) is 6.73. The van der Waals surface area contributed by atoms with Crippen molar-refractivity contribution in [3.8, 4) is 0 Å². The first kappa shape index (κ1) is 18.4. The molecule has 0 nitrogen and oxygen atoms in total. The summed E-state index contributed by atoms with van der Waals surface area (Å²) in [5, 5.41) is 0. The molecule has 1 aliphatic carbocycles. The van der Waals surface area contributed by atoms with E-state index in [1.54, 1.807) is 0 Å². The second-order valence-electron chi connectivity index (χ2n) is 6.73. The van der Waals surface area contributed by atoms with Gasteiger partial charge in [-0.1, -0.05) is 68.7 Å². The minimum atomic E-state index is 0. The van der Waals surface area contributed by atoms with Gasteiger partial charge in [0.25, 0.3) is 0 Å². The summed E-state index contributed by atoms with van der Waals surface area (Å²) in [6.07, 6.45) is 6.87. The van der Waals surface area contributed by atoms with Crippen molar-refractivity contribution in [2.75, 3.05) is 0 Å². The average molecular weight is 228 g/mol. The highest BCUT2D eigenvalue weighted by Crippen LogP contribution is 2.49. The van der Waals surface area contributed by atoms with Gasteiger partial charge in [-0.15, -0.1) is 0 Å². The summed E-state index contributed by atoms with van der Waals surface area (Å²) in [6, 6.07) is 0. The summed E-state index contributed by atoms with van der Waals surface area (Å²) in [4.78, 5) is 0.